The third-order valence-electron chi connectivity index (χ3n) is 3.89. The number of anilines is 1. The number of benzene rings is 2. The highest BCUT2D eigenvalue weighted by atomic mass is 16.5. The number of carbonyl (C=O) groups excluding carboxylic acids is 2. The zero-order chi connectivity index (χ0) is 18.2. The smallest absolute Gasteiger partial charge is 0.262 e. The van der Waals surface area contributed by atoms with E-state index in [9.17, 15) is 9.59 Å². The monoisotopic (exact) mass is 340 g/mol. The molecule has 5 nitrogen and oxygen atoms in total. The maximum absolute atomic E-state index is 12.3. The van der Waals surface area contributed by atoms with Gasteiger partial charge in [0, 0.05) is 6.04 Å². The molecule has 2 aromatic carbocycles. The minimum absolute atomic E-state index is 0.0700. The number of para-hydroxylation sites is 2. The maximum Gasteiger partial charge on any atom is 0.262 e. The second kappa shape index (κ2) is 8.87. The highest BCUT2D eigenvalue weighted by Gasteiger charge is 2.14. The first-order valence-corrected chi connectivity index (χ1v) is 8.39. The summed E-state index contributed by atoms with van der Waals surface area (Å²) in [5.41, 5.74) is 1.87. The number of aryl methyl sites for hydroxylation is 1. The molecule has 25 heavy (non-hydrogen) atoms. The molecule has 2 rings (SSSR count). The fourth-order valence-electron chi connectivity index (χ4n) is 2.24. The van der Waals surface area contributed by atoms with Crippen LogP contribution < -0.4 is 15.4 Å². The quantitative estimate of drug-likeness (QED) is 0.810. The average Bonchev–Trinajstić information content (AvgIpc) is 2.61. The van der Waals surface area contributed by atoms with Crippen molar-refractivity contribution in [3.63, 3.8) is 0 Å². The molecule has 2 aromatic rings. The predicted octanol–water partition coefficient (Wildman–Crippen LogP) is 3.54. The maximum atomic E-state index is 12.3. The van der Waals surface area contributed by atoms with Gasteiger partial charge in [0.15, 0.2) is 6.61 Å². The molecule has 0 aliphatic heterocycles. The Morgan fingerprint density at radius 1 is 1.08 bits per heavy atom. The first-order valence-electron chi connectivity index (χ1n) is 8.39. The van der Waals surface area contributed by atoms with E-state index in [2.05, 4.69) is 10.6 Å². The molecular weight excluding hydrogens is 316 g/mol. The number of rotatable bonds is 7. The lowest BCUT2D eigenvalue weighted by Crippen LogP contribution is -2.33. The van der Waals surface area contributed by atoms with E-state index >= 15 is 0 Å². The topological polar surface area (TPSA) is 67.4 Å². The molecule has 0 fully saturated rings. The van der Waals surface area contributed by atoms with Gasteiger partial charge in [-0.2, -0.15) is 0 Å². The van der Waals surface area contributed by atoms with Gasteiger partial charge in [-0.05, 0) is 44.0 Å². The Morgan fingerprint density at radius 2 is 1.76 bits per heavy atom. The zero-order valence-electron chi connectivity index (χ0n) is 14.8. The molecule has 0 aromatic heterocycles. The zero-order valence-corrected chi connectivity index (χ0v) is 14.8. The molecule has 5 heteroatoms. The molecule has 0 unspecified atom stereocenters. The lowest BCUT2D eigenvalue weighted by atomic mass is 10.1. The van der Waals surface area contributed by atoms with Gasteiger partial charge in [0.05, 0.1) is 11.3 Å². The highest BCUT2D eigenvalue weighted by Crippen LogP contribution is 2.17. The van der Waals surface area contributed by atoms with Gasteiger partial charge < -0.3 is 15.4 Å². The Morgan fingerprint density at radius 3 is 2.48 bits per heavy atom. The third-order valence-corrected chi connectivity index (χ3v) is 3.89. The molecular formula is C20H24N2O3. The number of amides is 2. The van der Waals surface area contributed by atoms with Crippen LogP contribution >= 0.6 is 0 Å². The van der Waals surface area contributed by atoms with E-state index in [1.807, 2.05) is 45.0 Å². The second-order valence-corrected chi connectivity index (χ2v) is 5.93. The van der Waals surface area contributed by atoms with Crippen molar-refractivity contribution in [1.82, 2.24) is 5.32 Å². The molecule has 0 saturated carbocycles. The molecule has 0 spiro atoms. The lowest BCUT2D eigenvalue weighted by molar-refractivity contribution is -0.118. The van der Waals surface area contributed by atoms with Crippen LogP contribution in [0.1, 0.15) is 36.2 Å². The van der Waals surface area contributed by atoms with Crippen molar-refractivity contribution in [2.45, 2.75) is 33.2 Å². The van der Waals surface area contributed by atoms with Crippen molar-refractivity contribution in [2.75, 3.05) is 11.9 Å². The van der Waals surface area contributed by atoms with Crippen molar-refractivity contribution in [3.8, 4) is 5.75 Å². The Balaban J connectivity index is 2.01. The van der Waals surface area contributed by atoms with Gasteiger partial charge in [0.2, 0.25) is 0 Å². The van der Waals surface area contributed by atoms with Crippen molar-refractivity contribution in [1.29, 1.82) is 0 Å². The van der Waals surface area contributed by atoms with Crippen molar-refractivity contribution in [3.05, 3.63) is 59.7 Å². The summed E-state index contributed by atoms with van der Waals surface area (Å²) in [5.74, 6) is 0.151. The number of ether oxygens (including phenoxy) is 1. The number of nitrogens with one attached hydrogen (secondary N) is 2. The van der Waals surface area contributed by atoms with Gasteiger partial charge in [0.25, 0.3) is 11.8 Å². The minimum Gasteiger partial charge on any atom is -0.483 e. The summed E-state index contributed by atoms with van der Waals surface area (Å²) in [6.07, 6.45) is 0.838. The number of hydrogen-bond donors (Lipinski definition) is 2. The lowest BCUT2D eigenvalue weighted by Gasteiger charge is -2.15. The molecule has 0 bridgehead atoms. The van der Waals surface area contributed by atoms with E-state index in [4.69, 9.17) is 4.74 Å². The van der Waals surface area contributed by atoms with Crippen LogP contribution in [0.4, 0.5) is 5.69 Å². The van der Waals surface area contributed by atoms with Crippen LogP contribution in [0.2, 0.25) is 0 Å². The summed E-state index contributed by atoms with van der Waals surface area (Å²) in [6, 6.07) is 14.5. The Kier molecular flexibility index (Phi) is 6.57. The van der Waals surface area contributed by atoms with Crippen LogP contribution in [0.25, 0.3) is 0 Å². The molecule has 0 radical (unpaired) electrons. The van der Waals surface area contributed by atoms with Crippen LogP contribution in [-0.2, 0) is 4.79 Å². The summed E-state index contributed by atoms with van der Waals surface area (Å²) < 4.78 is 5.54. The molecule has 2 N–H and O–H groups in total. The first kappa shape index (κ1) is 18.5. The summed E-state index contributed by atoms with van der Waals surface area (Å²) in [4.78, 5) is 24.5. The predicted molar refractivity (Wildman–Crippen MR) is 99.0 cm³/mol. The van der Waals surface area contributed by atoms with Crippen LogP contribution in [0.5, 0.6) is 5.75 Å². The molecule has 2 amide bonds. The van der Waals surface area contributed by atoms with Crippen LogP contribution in [-0.4, -0.2) is 24.5 Å². The average molecular weight is 340 g/mol. The molecule has 0 aliphatic rings. The highest BCUT2D eigenvalue weighted by molar-refractivity contribution is 6.04. The molecule has 0 heterocycles. The molecule has 0 saturated heterocycles. The summed E-state index contributed by atoms with van der Waals surface area (Å²) >= 11 is 0. The fraction of sp³-hybridized carbons (Fsp3) is 0.300. The minimum atomic E-state index is -0.313. The standard InChI is InChI=1S/C20H24N2O3/c1-4-15(3)21-20(24)16-10-6-7-11-17(16)22-19(23)13-25-18-12-8-5-9-14(18)2/h5-12,15H,4,13H2,1-3H3,(H,21,24)(H,22,23)/t15-/m1/s1. The van der Waals surface area contributed by atoms with Gasteiger partial charge in [-0.3, -0.25) is 9.59 Å². The largest absolute Gasteiger partial charge is 0.483 e. The molecule has 132 valence electrons. The van der Waals surface area contributed by atoms with E-state index in [1.165, 1.54) is 0 Å². The molecule has 1 atom stereocenters. The van der Waals surface area contributed by atoms with Crippen molar-refractivity contribution >= 4 is 17.5 Å². The normalized spacial score (nSPS) is 11.5. The van der Waals surface area contributed by atoms with E-state index < -0.39 is 0 Å². The Hall–Kier alpha value is -2.82. The van der Waals surface area contributed by atoms with Gasteiger partial charge >= 0.3 is 0 Å². The van der Waals surface area contributed by atoms with Gasteiger partial charge in [-0.1, -0.05) is 37.3 Å². The Bertz CT molecular complexity index is 743. The summed E-state index contributed by atoms with van der Waals surface area (Å²) in [6.45, 7) is 5.74. The summed E-state index contributed by atoms with van der Waals surface area (Å²) in [5, 5.41) is 5.65. The number of carbonyl (C=O) groups is 2. The van der Waals surface area contributed by atoms with Crippen molar-refractivity contribution in [2.24, 2.45) is 0 Å². The fourth-order valence-corrected chi connectivity index (χ4v) is 2.24. The second-order valence-electron chi connectivity index (χ2n) is 5.93. The van der Waals surface area contributed by atoms with E-state index in [0.29, 0.717) is 17.0 Å². The van der Waals surface area contributed by atoms with Gasteiger partial charge in [-0.25, -0.2) is 0 Å². The number of hydrogen-bond acceptors (Lipinski definition) is 3. The van der Waals surface area contributed by atoms with E-state index in [1.54, 1.807) is 24.3 Å². The van der Waals surface area contributed by atoms with Gasteiger partial charge in [0.1, 0.15) is 5.75 Å². The Labute approximate surface area is 148 Å². The van der Waals surface area contributed by atoms with E-state index in [-0.39, 0.29) is 24.5 Å². The van der Waals surface area contributed by atoms with Crippen LogP contribution in [0, 0.1) is 6.92 Å². The van der Waals surface area contributed by atoms with E-state index in [0.717, 1.165) is 12.0 Å². The van der Waals surface area contributed by atoms with Crippen LogP contribution in [0.3, 0.4) is 0 Å². The van der Waals surface area contributed by atoms with Gasteiger partial charge in [-0.15, -0.1) is 0 Å². The first-order chi connectivity index (χ1) is 12.0. The van der Waals surface area contributed by atoms with Crippen LogP contribution in [0.15, 0.2) is 48.5 Å². The summed E-state index contributed by atoms with van der Waals surface area (Å²) in [7, 11) is 0. The molecule has 0 aliphatic carbocycles. The van der Waals surface area contributed by atoms with Crippen molar-refractivity contribution < 1.29 is 14.3 Å². The SMILES string of the molecule is CC[C@@H](C)NC(=O)c1ccccc1NC(=O)COc1ccccc1C. The third kappa shape index (κ3) is 5.35.